The van der Waals surface area contributed by atoms with Gasteiger partial charge in [-0.1, -0.05) is 42.5 Å². The molecule has 1 aliphatic heterocycles. The van der Waals surface area contributed by atoms with Crippen LogP contribution in [0.15, 0.2) is 54.6 Å². The van der Waals surface area contributed by atoms with E-state index in [1.54, 1.807) is 24.3 Å². The van der Waals surface area contributed by atoms with Crippen LogP contribution in [0.1, 0.15) is 29.5 Å². The number of hydrogen-bond donors (Lipinski definition) is 1. The molecule has 0 radical (unpaired) electrons. The minimum absolute atomic E-state index is 0.0441. The maximum Gasteiger partial charge on any atom is 0.292 e. The molecule has 2 aromatic carbocycles. The number of hydrogen-bond acceptors (Lipinski definition) is 3. The Morgan fingerprint density at radius 3 is 2.70 bits per heavy atom. The summed E-state index contributed by atoms with van der Waals surface area (Å²) in [5.41, 5.74) is 2.04. The molecule has 4 rings (SSSR count). The highest BCUT2D eigenvalue weighted by molar-refractivity contribution is 5.71. The number of halogens is 1. The summed E-state index contributed by atoms with van der Waals surface area (Å²) in [5, 5.41) is 14.6. The van der Waals surface area contributed by atoms with Gasteiger partial charge in [0.05, 0.1) is 11.0 Å². The number of benzene rings is 2. The average molecular weight is 310 g/mol. The molecule has 0 spiro atoms. The molecule has 5 heteroatoms. The number of allylic oxidation sites excluding steroid dienone is 2. The van der Waals surface area contributed by atoms with Gasteiger partial charge in [0.15, 0.2) is 0 Å². The zero-order chi connectivity index (χ0) is 16.0. The van der Waals surface area contributed by atoms with Gasteiger partial charge in [-0.2, -0.15) is 0 Å². The van der Waals surface area contributed by atoms with Gasteiger partial charge in [-0.05, 0) is 24.0 Å². The molecule has 0 bridgehead atoms. The third kappa shape index (κ3) is 2.11. The molecule has 0 fully saturated rings. The summed E-state index contributed by atoms with van der Waals surface area (Å²) in [6.45, 7) is 0. The lowest BCUT2D eigenvalue weighted by atomic mass is 9.76. The van der Waals surface area contributed by atoms with Crippen molar-refractivity contribution >= 4 is 11.4 Å². The van der Waals surface area contributed by atoms with E-state index >= 15 is 0 Å². The van der Waals surface area contributed by atoms with Crippen molar-refractivity contribution in [3.63, 3.8) is 0 Å². The van der Waals surface area contributed by atoms with Gasteiger partial charge in [0, 0.05) is 17.5 Å². The fourth-order valence-electron chi connectivity index (χ4n) is 3.79. The van der Waals surface area contributed by atoms with Crippen LogP contribution in [0.25, 0.3) is 0 Å². The largest absolute Gasteiger partial charge is 0.372 e. The van der Waals surface area contributed by atoms with Crippen molar-refractivity contribution in [2.75, 3.05) is 5.32 Å². The first-order valence-electron chi connectivity index (χ1n) is 7.61. The summed E-state index contributed by atoms with van der Waals surface area (Å²) >= 11 is 0. The van der Waals surface area contributed by atoms with Crippen LogP contribution < -0.4 is 5.32 Å². The first kappa shape index (κ1) is 13.9. The van der Waals surface area contributed by atoms with E-state index < -0.39 is 0 Å². The molecular formula is C18H15FN2O2. The summed E-state index contributed by atoms with van der Waals surface area (Å²) in [5.74, 6) is -0.0326. The van der Waals surface area contributed by atoms with Gasteiger partial charge in [-0.25, -0.2) is 4.39 Å². The van der Waals surface area contributed by atoms with E-state index in [1.807, 2.05) is 6.07 Å². The fourth-order valence-corrected chi connectivity index (χ4v) is 3.79. The Hall–Kier alpha value is -2.69. The van der Waals surface area contributed by atoms with Gasteiger partial charge in [0.1, 0.15) is 11.5 Å². The van der Waals surface area contributed by atoms with E-state index in [2.05, 4.69) is 17.5 Å². The summed E-state index contributed by atoms with van der Waals surface area (Å²) in [7, 11) is 0. The van der Waals surface area contributed by atoms with Crippen molar-refractivity contribution in [3.8, 4) is 0 Å². The SMILES string of the molecule is O=[N+]([O-])c1cccc2c1N[C@@H](c1ccccc1F)[C@H]1CC=C[C@@H]21. The van der Waals surface area contributed by atoms with Crippen LogP contribution in [0, 0.1) is 21.8 Å². The number of anilines is 1. The second-order valence-electron chi connectivity index (χ2n) is 6.00. The molecule has 1 N–H and O–H groups in total. The van der Waals surface area contributed by atoms with E-state index in [0.717, 1.165) is 12.0 Å². The summed E-state index contributed by atoms with van der Waals surface area (Å²) in [4.78, 5) is 11.0. The lowest BCUT2D eigenvalue weighted by Gasteiger charge is -2.37. The molecule has 0 aromatic heterocycles. The quantitative estimate of drug-likeness (QED) is 0.502. The van der Waals surface area contributed by atoms with Crippen molar-refractivity contribution in [1.29, 1.82) is 0 Å². The van der Waals surface area contributed by atoms with Crippen molar-refractivity contribution in [2.45, 2.75) is 18.4 Å². The number of nitro benzene ring substituents is 1. The highest BCUT2D eigenvalue weighted by atomic mass is 19.1. The van der Waals surface area contributed by atoms with Crippen LogP contribution in [0.5, 0.6) is 0 Å². The Balaban J connectivity index is 1.87. The first-order chi connectivity index (χ1) is 11.2. The number of para-hydroxylation sites is 1. The second-order valence-corrected chi connectivity index (χ2v) is 6.00. The Morgan fingerprint density at radius 2 is 1.91 bits per heavy atom. The minimum Gasteiger partial charge on any atom is -0.372 e. The molecule has 0 saturated heterocycles. The topological polar surface area (TPSA) is 55.2 Å². The second kappa shape index (κ2) is 5.19. The summed E-state index contributed by atoms with van der Waals surface area (Å²) in [6, 6.07) is 11.5. The van der Waals surface area contributed by atoms with Crippen LogP contribution in [-0.4, -0.2) is 4.92 Å². The predicted molar refractivity (Wildman–Crippen MR) is 85.8 cm³/mol. The molecule has 116 valence electrons. The Labute approximate surface area is 132 Å². The van der Waals surface area contributed by atoms with Gasteiger partial charge in [0.25, 0.3) is 5.69 Å². The molecule has 3 atom stereocenters. The van der Waals surface area contributed by atoms with Gasteiger partial charge in [-0.3, -0.25) is 10.1 Å². The van der Waals surface area contributed by atoms with E-state index in [1.165, 1.54) is 12.1 Å². The number of fused-ring (bicyclic) bond motifs is 3. The van der Waals surface area contributed by atoms with Crippen molar-refractivity contribution in [1.82, 2.24) is 0 Å². The van der Waals surface area contributed by atoms with Crippen molar-refractivity contribution in [3.05, 3.63) is 81.7 Å². The number of rotatable bonds is 2. The number of nitro groups is 1. The average Bonchev–Trinajstić information content (AvgIpc) is 3.04. The summed E-state index contributed by atoms with van der Waals surface area (Å²) in [6.07, 6.45) is 5.00. The highest BCUT2D eigenvalue weighted by Crippen LogP contribution is 2.52. The lowest BCUT2D eigenvalue weighted by Crippen LogP contribution is -2.30. The van der Waals surface area contributed by atoms with Gasteiger partial charge >= 0.3 is 0 Å². The molecule has 1 heterocycles. The van der Waals surface area contributed by atoms with Crippen LogP contribution in [0.3, 0.4) is 0 Å². The third-order valence-electron chi connectivity index (χ3n) is 4.81. The van der Waals surface area contributed by atoms with Gasteiger partial charge in [0.2, 0.25) is 0 Å². The maximum absolute atomic E-state index is 14.3. The monoisotopic (exact) mass is 310 g/mol. The highest BCUT2D eigenvalue weighted by Gasteiger charge is 2.41. The van der Waals surface area contributed by atoms with E-state index in [4.69, 9.17) is 0 Å². The zero-order valence-electron chi connectivity index (χ0n) is 12.3. The van der Waals surface area contributed by atoms with Gasteiger partial charge < -0.3 is 5.32 Å². The Kier molecular flexibility index (Phi) is 3.15. The Morgan fingerprint density at radius 1 is 1.13 bits per heavy atom. The zero-order valence-corrected chi connectivity index (χ0v) is 12.3. The van der Waals surface area contributed by atoms with Crippen LogP contribution in [-0.2, 0) is 0 Å². The molecule has 0 unspecified atom stereocenters. The molecule has 23 heavy (non-hydrogen) atoms. The minimum atomic E-state index is -0.386. The van der Waals surface area contributed by atoms with Crippen molar-refractivity contribution in [2.24, 2.45) is 5.92 Å². The molecule has 0 saturated carbocycles. The number of nitrogens with zero attached hydrogens (tertiary/aromatic N) is 1. The van der Waals surface area contributed by atoms with Crippen LogP contribution in [0.4, 0.5) is 15.8 Å². The molecule has 4 nitrogen and oxygen atoms in total. The standard InChI is InChI=1S/C18H15FN2O2/c19-15-9-2-1-5-14(15)17-12-7-3-6-11(12)13-8-4-10-16(21(22)23)18(13)20-17/h1-6,8-12,17,20H,7H2/t11-,12+,17-/m1/s1. The predicted octanol–water partition coefficient (Wildman–Crippen LogP) is 4.56. The molecule has 2 aromatic rings. The normalized spacial score (nSPS) is 24.7. The lowest BCUT2D eigenvalue weighted by molar-refractivity contribution is -0.384. The van der Waals surface area contributed by atoms with Gasteiger partial charge in [-0.15, -0.1) is 0 Å². The summed E-state index contributed by atoms with van der Waals surface area (Å²) < 4.78 is 14.3. The third-order valence-corrected chi connectivity index (χ3v) is 4.81. The smallest absolute Gasteiger partial charge is 0.292 e. The van der Waals surface area contributed by atoms with Crippen LogP contribution in [0.2, 0.25) is 0 Å². The van der Waals surface area contributed by atoms with E-state index in [9.17, 15) is 14.5 Å². The molecular weight excluding hydrogens is 295 g/mol. The Bertz CT molecular complexity index is 818. The van der Waals surface area contributed by atoms with E-state index in [-0.39, 0.29) is 34.3 Å². The first-order valence-corrected chi connectivity index (χ1v) is 7.61. The fraction of sp³-hybridized carbons (Fsp3) is 0.222. The van der Waals surface area contributed by atoms with E-state index in [0.29, 0.717) is 11.3 Å². The van der Waals surface area contributed by atoms with Crippen LogP contribution >= 0.6 is 0 Å². The van der Waals surface area contributed by atoms with Crippen molar-refractivity contribution < 1.29 is 9.31 Å². The molecule has 2 aliphatic rings. The molecule has 1 aliphatic carbocycles. The number of nitrogens with one attached hydrogen (secondary N) is 1. The molecule has 0 amide bonds. The maximum atomic E-state index is 14.3.